The van der Waals surface area contributed by atoms with E-state index in [0.29, 0.717) is 29.5 Å². The van der Waals surface area contributed by atoms with Gasteiger partial charge in [-0.3, -0.25) is 14.9 Å². The summed E-state index contributed by atoms with van der Waals surface area (Å²) in [6, 6.07) is 7.36. The summed E-state index contributed by atoms with van der Waals surface area (Å²) in [7, 11) is 0. The van der Waals surface area contributed by atoms with Gasteiger partial charge < -0.3 is 14.6 Å². The van der Waals surface area contributed by atoms with Crippen LogP contribution in [-0.2, 0) is 4.79 Å². The lowest BCUT2D eigenvalue weighted by molar-refractivity contribution is -0.126. The number of hydrogen-bond donors (Lipinski definition) is 2. The van der Waals surface area contributed by atoms with Gasteiger partial charge in [-0.1, -0.05) is 0 Å². The molecule has 2 N–H and O–H groups in total. The molecule has 34 heavy (non-hydrogen) atoms. The van der Waals surface area contributed by atoms with E-state index in [2.05, 4.69) is 20.6 Å². The van der Waals surface area contributed by atoms with Crippen molar-refractivity contribution >= 4 is 28.8 Å². The van der Waals surface area contributed by atoms with Crippen LogP contribution in [0.3, 0.4) is 0 Å². The molecule has 8 nitrogen and oxygen atoms in total. The van der Waals surface area contributed by atoms with Crippen molar-refractivity contribution in [3.05, 3.63) is 47.9 Å². The number of hydrogen-bond acceptors (Lipinski definition) is 5. The lowest BCUT2D eigenvalue weighted by Gasteiger charge is -2.30. The summed E-state index contributed by atoms with van der Waals surface area (Å²) in [4.78, 5) is 34.3. The molecule has 9 heteroatoms. The van der Waals surface area contributed by atoms with Crippen molar-refractivity contribution < 1.29 is 18.7 Å². The van der Waals surface area contributed by atoms with Crippen LogP contribution in [0.15, 0.2) is 36.5 Å². The van der Waals surface area contributed by atoms with Crippen molar-refractivity contribution in [2.75, 3.05) is 11.9 Å². The minimum absolute atomic E-state index is 0.0219. The number of imidazole rings is 1. The Hall–Kier alpha value is -3.49. The highest BCUT2D eigenvalue weighted by Crippen LogP contribution is 2.37. The van der Waals surface area contributed by atoms with Crippen LogP contribution < -0.4 is 15.4 Å². The molecule has 2 heterocycles. The van der Waals surface area contributed by atoms with Gasteiger partial charge in [0.05, 0.1) is 18.3 Å². The molecule has 0 atom stereocenters. The van der Waals surface area contributed by atoms with Gasteiger partial charge in [0.25, 0.3) is 5.91 Å². The fraction of sp³-hybridized carbons (Fsp3) is 0.440. The Morgan fingerprint density at radius 3 is 2.53 bits per heavy atom. The Labute approximate surface area is 197 Å². The van der Waals surface area contributed by atoms with Gasteiger partial charge in [0.15, 0.2) is 0 Å². The molecule has 3 aromatic rings. The lowest BCUT2D eigenvalue weighted by Crippen LogP contribution is -2.37. The zero-order valence-electron chi connectivity index (χ0n) is 19.7. The standard InChI is InChI=1S/C25H30FN5O3/c1-4-34-22-13-21-20(14-27-22)29-25(30-24(33)16-5-9-18(26)10-6-16)31(21)19-11-7-17(8-12-19)23(32)28-15(2)3/h5-6,9-10,13-15,17,19H,4,7-8,11-12H2,1-3H3,(H,28,32)(H,29,30,33). The molecule has 1 aliphatic carbocycles. The number of ether oxygens (including phenoxy) is 1. The lowest BCUT2D eigenvalue weighted by atomic mass is 9.85. The van der Waals surface area contributed by atoms with Gasteiger partial charge in [0.2, 0.25) is 17.7 Å². The number of halogens is 1. The molecule has 1 aromatic carbocycles. The number of benzene rings is 1. The number of pyridine rings is 1. The van der Waals surface area contributed by atoms with Crippen LogP contribution in [0.25, 0.3) is 11.0 Å². The zero-order chi connectivity index (χ0) is 24.2. The van der Waals surface area contributed by atoms with Gasteiger partial charge in [-0.15, -0.1) is 0 Å². The molecule has 0 saturated heterocycles. The molecule has 1 saturated carbocycles. The summed E-state index contributed by atoms with van der Waals surface area (Å²) in [6.07, 6.45) is 4.67. The molecule has 0 spiro atoms. The van der Waals surface area contributed by atoms with Crippen LogP contribution in [0.1, 0.15) is 62.9 Å². The van der Waals surface area contributed by atoms with Gasteiger partial charge in [0, 0.05) is 29.6 Å². The normalized spacial score (nSPS) is 18.1. The monoisotopic (exact) mass is 467 g/mol. The second-order valence-electron chi connectivity index (χ2n) is 8.88. The number of rotatable bonds is 7. The fourth-order valence-electron chi connectivity index (χ4n) is 4.44. The number of nitrogens with zero attached hydrogens (tertiary/aromatic N) is 3. The van der Waals surface area contributed by atoms with Gasteiger partial charge in [-0.2, -0.15) is 0 Å². The summed E-state index contributed by atoms with van der Waals surface area (Å²) in [5, 5.41) is 5.89. The molecule has 0 radical (unpaired) electrons. The molecule has 1 fully saturated rings. The number of aromatic nitrogens is 3. The number of anilines is 1. The molecular formula is C25H30FN5O3. The van der Waals surface area contributed by atoms with Crippen LogP contribution in [0.2, 0.25) is 0 Å². The zero-order valence-corrected chi connectivity index (χ0v) is 19.7. The summed E-state index contributed by atoms with van der Waals surface area (Å²) in [5.74, 6) is 0.173. The minimum Gasteiger partial charge on any atom is -0.478 e. The largest absolute Gasteiger partial charge is 0.478 e. The third kappa shape index (κ3) is 5.18. The van der Waals surface area contributed by atoms with Crippen LogP contribution in [0.5, 0.6) is 5.88 Å². The maximum Gasteiger partial charge on any atom is 0.257 e. The van der Waals surface area contributed by atoms with Gasteiger partial charge in [-0.25, -0.2) is 14.4 Å². The average molecular weight is 468 g/mol. The summed E-state index contributed by atoms with van der Waals surface area (Å²) < 4.78 is 20.9. The Morgan fingerprint density at radius 1 is 1.18 bits per heavy atom. The van der Waals surface area contributed by atoms with E-state index in [0.717, 1.165) is 31.2 Å². The van der Waals surface area contributed by atoms with Gasteiger partial charge in [0.1, 0.15) is 11.3 Å². The van der Waals surface area contributed by atoms with Crippen molar-refractivity contribution in [2.24, 2.45) is 5.92 Å². The van der Waals surface area contributed by atoms with Gasteiger partial charge >= 0.3 is 0 Å². The number of carbonyl (C=O) groups excluding carboxylic acids is 2. The average Bonchev–Trinajstić information content (AvgIpc) is 3.16. The first-order valence-electron chi connectivity index (χ1n) is 11.7. The number of amides is 2. The highest BCUT2D eigenvalue weighted by atomic mass is 19.1. The smallest absolute Gasteiger partial charge is 0.257 e. The second kappa shape index (κ2) is 10.2. The summed E-state index contributed by atoms with van der Waals surface area (Å²) in [6.45, 7) is 6.29. The molecule has 0 bridgehead atoms. The molecule has 2 amide bonds. The van der Waals surface area contributed by atoms with E-state index in [9.17, 15) is 14.0 Å². The van der Waals surface area contributed by atoms with Crippen LogP contribution in [0, 0.1) is 11.7 Å². The Bertz CT molecular complexity index is 1170. The van der Waals surface area contributed by atoms with E-state index < -0.39 is 5.82 Å². The predicted octanol–water partition coefficient (Wildman–Crippen LogP) is 4.48. The highest BCUT2D eigenvalue weighted by Gasteiger charge is 2.30. The first-order chi connectivity index (χ1) is 16.4. The van der Waals surface area contributed by atoms with Gasteiger partial charge in [-0.05, 0) is 70.7 Å². The van der Waals surface area contributed by atoms with Crippen molar-refractivity contribution in [3.8, 4) is 5.88 Å². The van der Waals surface area contributed by atoms with Crippen molar-refractivity contribution in [3.63, 3.8) is 0 Å². The van der Waals surface area contributed by atoms with E-state index in [1.54, 1.807) is 6.20 Å². The van der Waals surface area contributed by atoms with Crippen molar-refractivity contribution in [1.82, 2.24) is 19.9 Å². The summed E-state index contributed by atoms with van der Waals surface area (Å²) >= 11 is 0. The summed E-state index contributed by atoms with van der Waals surface area (Å²) in [5.41, 5.74) is 1.78. The topological polar surface area (TPSA) is 98.1 Å². The second-order valence-corrected chi connectivity index (χ2v) is 8.88. The molecule has 0 unspecified atom stereocenters. The number of carbonyl (C=O) groups is 2. The quantitative estimate of drug-likeness (QED) is 0.534. The van der Waals surface area contributed by atoms with Crippen LogP contribution in [-0.4, -0.2) is 39.0 Å². The van der Waals surface area contributed by atoms with E-state index in [-0.39, 0.29) is 29.8 Å². The SMILES string of the molecule is CCOc1cc2c(cn1)nc(NC(=O)c1ccc(F)cc1)n2C1CCC(C(=O)NC(C)C)CC1. The number of fused-ring (bicyclic) bond motifs is 1. The third-order valence-electron chi connectivity index (χ3n) is 6.04. The van der Waals surface area contributed by atoms with E-state index in [1.165, 1.54) is 24.3 Å². The molecule has 4 rings (SSSR count). The molecule has 0 aliphatic heterocycles. The third-order valence-corrected chi connectivity index (χ3v) is 6.04. The number of nitrogens with one attached hydrogen (secondary N) is 2. The minimum atomic E-state index is -0.406. The van der Waals surface area contributed by atoms with E-state index >= 15 is 0 Å². The van der Waals surface area contributed by atoms with E-state index in [4.69, 9.17) is 4.74 Å². The maximum absolute atomic E-state index is 13.3. The van der Waals surface area contributed by atoms with Crippen molar-refractivity contribution in [2.45, 2.75) is 58.5 Å². The van der Waals surface area contributed by atoms with E-state index in [1.807, 2.05) is 31.4 Å². The molecular weight excluding hydrogens is 437 g/mol. The maximum atomic E-state index is 13.3. The van der Waals surface area contributed by atoms with Crippen LogP contribution >= 0.6 is 0 Å². The Morgan fingerprint density at radius 2 is 1.88 bits per heavy atom. The first-order valence-corrected chi connectivity index (χ1v) is 11.7. The molecule has 1 aliphatic rings. The highest BCUT2D eigenvalue weighted by molar-refractivity contribution is 6.04. The Balaban J connectivity index is 1.63. The fourth-order valence-corrected chi connectivity index (χ4v) is 4.44. The first kappa shape index (κ1) is 23.7. The Kier molecular flexibility index (Phi) is 7.09. The predicted molar refractivity (Wildman–Crippen MR) is 127 cm³/mol. The molecule has 180 valence electrons. The van der Waals surface area contributed by atoms with Crippen LogP contribution in [0.4, 0.5) is 10.3 Å². The molecule has 2 aromatic heterocycles. The van der Waals surface area contributed by atoms with Crippen molar-refractivity contribution in [1.29, 1.82) is 0 Å².